The van der Waals surface area contributed by atoms with Crippen LogP contribution in [-0.2, 0) is 17.8 Å². The Kier molecular flexibility index (Phi) is 4.07. The standard InChI is InChI=1S/C14H19BrN2O/c1-9-5-12(15)7-11-3-4-17(8-13(9)11)14(18)6-10(2)16/h5,7,10H,3-4,6,8,16H2,1-2H3. The molecule has 0 saturated carbocycles. The van der Waals surface area contributed by atoms with E-state index in [9.17, 15) is 4.79 Å². The molecule has 1 aliphatic rings. The summed E-state index contributed by atoms with van der Waals surface area (Å²) in [6.45, 7) is 5.50. The van der Waals surface area contributed by atoms with E-state index in [-0.39, 0.29) is 11.9 Å². The molecule has 0 radical (unpaired) electrons. The molecule has 2 rings (SSSR count). The number of amides is 1. The van der Waals surface area contributed by atoms with Crippen LogP contribution in [0, 0.1) is 6.92 Å². The summed E-state index contributed by atoms with van der Waals surface area (Å²) in [5.74, 6) is 0.165. The molecule has 18 heavy (non-hydrogen) atoms. The van der Waals surface area contributed by atoms with E-state index in [1.165, 1.54) is 16.7 Å². The van der Waals surface area contributed by atoms with E-state index in [1.54, 1.807) is 0 Å². The van der Waals surface area contributed by atoms with Gasteiger partial charge in [-0.1, -0.05) is 15.9 Å². The van der Waals surface area contributed by atoms with Crippen molar-refractivity contribution in [2.24, 2.45) is 5.73 Å². The van der Waals surface area contributed by atoms with Crippen molar-refractivity contribution in [3.8, 4) is 0 Å². The van der Waals surface area contributed by atoms with Gasteiger partial charge in [0.05, 0.1) is 0 Å². The zero-order valence-corrected chi connectivity index (χ0v) is 12.5. The third-order valence-electron chi connectivity index (χ3n) is 3.38. The van der Waals surface area contributed by atoms with Gasteiger partial charge < -0.3 is 10.6 Å². The number of hydrogen-bond acceptors (Lipinski definition) is 2. The molecule has 0 bridgehead atoms. The third kappa shape index (κ3) is 2.93. The molecule has 2 N–H and O–H groups in total. The summed E-state index contributed by atoms with van der Waals surface area (Å²) in [6.07, 6.45) is 1.37. The number of rotatable bonds is 2. The maximum Gasteiger partial charge on any atom is 0.224 e. The molecule has 3 nitrogen and oxygen atoms in total. The summed E-state index contributed by atoms with van der Waals surface area (Å²) in [7, 11) is 0. The van der Waals surface area contributed by atoms with Crippen LogP contribution >= 0.6 is 15.9 Å². The number of fused-ring (bicyclic) bond motifs is 1. The highest BCUT2D eigenvalue weighted by atomic mass is 79.9. The fourth-order valence-corrected chi connectivity index (χ4v) is 3.05. The Labute approximate surface area is 116 Å². The van der Waals surface area contributed by atoms with E-state index < -0.39 is 0 Å². The Hall–Kier alpha value is -0.870. The number of hydrogen-bond donors (Lipinski definition) is 1. The van der Waals surface area contributed by atoms with Crippen LogP contribution in [0.1, 0.15) is 30.0 Å². The monoisotopic (exact) mass is 310 g/mol. The van der Waals surface area contributed by atoms with E-state index >= 15 is 0 Å². The average Bonchev–Trinajstić information content (AvgIpc) is 2.27. The van der Waals surface area contributed by atoms with Gasteiger partial charge in [-0.05, 0) is 49.1 Å². The van der Waals surface area contributed by atoms with Gasteiger partial charge in [-0.3, -0.25) is 4.79 Å². The minimum Gasteiger partial charge on any atom is -0.338 e. The molecule has 1 unspecified atom stereocenters. The first kappa shape index (κ1) is 13.6. The number of nitrogens with two attached hydrogens (primary N) is 1. The largest absolute Gasteiger partial charge is 0.338 e. The minimum atomic E-state index is -0.0649. The summed E-state index contributed by atoms with van der Waals surface area (Å²) >= 11 is 3.52. The van der Waals surface area contributed by atoms with Crippen LogP contribution in [0.15, 0.2) is 16.6 Å². The van der Waals surface area contributed by atoms with Crippen molar-refractivity contribution in [2.45, 2.75) is 39.3 Å². The van der Waals surface area contributed by atoms with Gasteiger partial charge in [-0.25, -0.2) is 0 Å². The molecule has 0 aromatic heterocycles. The predicted octanol–water partition coefficient (Wildman–Crippen LogP) is 2.38. The Morgan fingerprint density at radius 1 is 1.56 bits per heavy atom. The van der Waals surface area contributed by atoms with Crippen LogP contribution < -0.4 is 5.73 Å². The van der Waals surface area contributed by atoms with Crippen molar-refractivity contribution in [1.29, 1.82) is 0 Å². The second kappa shape index (κ2) is 5.41. The lowest BCUT2D eigenvalue weighted by atomic mass is 9.95. The molecule has 1 aromatic carbocycles. The third-order valence-corrected chi connectivity index (χ3v) is 3.84. The quantitative estimate of drug-likeness (QED) is 0.911. The summed E-state index contributed by atoms with van der Waals surface area (Å²) in [5.41, 5.74) is 9.59. The lowest BCUT2D eigenvalue weighted by Gasteiger charge is -2.30. The Bertz CT molecular complexity index is 471. The van der Waals surface area contributed by atoms with Crippen LogP contribution in [0.3, 0.4) is 0 Å². The van der Waals surface area contributed by atoms with Crippen LogP contribution in [0.5, 0.6) is 0 Å². The first-order valence-electron chi connectivity index (χ1n) is 6.28. The van der Waals surface area contributed by atoms with Gasteiger partial charge in [0.15, 0.2) is 0 Å². The SMILES string of the molecule is Cc1cc(Br)cc2c1CN(C(=O)CC(C)N)CC2. The topological polar surface area (TPSA) is 46.3 Å². The van der Waals surface area contributed by atoms with Crippen LogP contribution in [0.4, 0.5) is 0 Å². The molecule has 1 aliphatic heterocycles. The fraction of sp³-hybridized carbons (Fsp3) is 0.500. The second-order valence-corrected chi connectivity index (χ2v) is 6.02. The molecule has 1 aromatic rings. The molecule has 0 saturated heterocycles. The Balaban J connectivity index is 2.17. The lowest BCUT2D eigenvalue weighted by Crippen LogP contribution is -2.38. The molecule has 4 heteroatoms. The van der Waals surface area contributed by atoms with Gasteiger partial charge in [0.25, 0.3) is 0 Å². The van der Waals surface area contributed by atoms with E-state index in [2.05, 4.69) is 35.0 Å². The molecule has 0 fully saturated rings. The van der Waals surface area contributed by atoms with Crippen molar-refractivity contribution in [3.63, 3.8) is 0 Å². The normalized spacial score (nSPS) is 16.3. The highest BCUT2D eigenvalue weighted by Gasteiger charge is 2.22. The smallest absolute Gasteiger partial charge is 0.224 e. The van der Waals surface area contributed by atoms with Gasteiger partial charge in [-0.15, -0.1) is 0 Å². The molecule has 0 spiro atoms. The van der Waals surface area contributed by atoms with Gasteiger partial charge in [0.1, 0.15) is 0 Å². The van der Waals surface area contributed by atoms with Gasteiger partial charge in [-0.2, -0.15) is 0 Å². The van der Waals surface area contributed by atoms with Gasteiger partial charge >= 0.3 is 0 Å². The number of aryl methyl sites for hydroxylation is 1. The zero-order valence-electron chi connectivity index (χ0n) is 10.9. The number of carbonyl (C=O) groups is 1. The molecule has 98 valence electrons. The van der Waals surface area contributed by atoms with E-state index in [0.717, 1.165) is 24.0 Å². The van der Waals surface area contributed by atoms with Crippen LogP contribution in [0.25, 0.3) is 0 Å². The number of halogens is 1. The zero-order chi connectivity index (χ0) is 13.3. The van der Waals surface area contributed by atoms with E-state index in [1.807, 2.05) is 11.8 Å². The number of nitrogens with zero attached hydrogens (tertiary/aromatic N) is 1. The molecule has 1 amide bonds. The van der Waals surface area contributed by atoms with Crippen LogP contribution in [0.2, 0.25) is 0 Å². The predicted molar refractivity (Wildman–Crippen MR) is 76.3 cm³/mol. The molecule has 1 atom stereocenters. The second-order valence-electron chi connectivity index (χ2n) is 5.11. The number of carbonyl (C=O) groups excluding carboxylic acids is 1. The van der Waals surface area contributed by atoms with Crippen molar-refractivity contribution in [2.75, 3.05) is 6.54 Å². The lowest BCUT2D eigenvalue weighted by molar-refractivity contribution is -0.132. The fourth-order valence-electron chi connectivity index (χ4n) is 2.43. The Morgan fingerprint density at radius 2 is 2.28 bits per heavy atom. The summed E-state index contributed by atoms with van der Waals surface area (Å²) in [4.78, 5) is 14.0. The minimum absolute atomic E-state index is 0.0649. The Morgan fingerprint density at radius 3 is 2.94 bits per heavy atom. The summed E-state index contributed by atoms with van der Waals surface area (Å²) in [5, 5.41) is 0. The van der Waals surface area contributed by atoms with Crippen molar-refractivity contribution >= 4 is 21.8 Å². The first-order valence-corrected chi connectivity index (χ1v) is 7.08. The number of benzene rings is 1. The summed E-state index contributed by atoms with van der Waals surface area (Å²) < 4.78 is 1.12. The van der Waals surface area contributed by atoms with Crippen molar-refractivity contribution in [3.05, 3.63) is 33.3 Å². The highest BCUT2D eigenvalue weighted by molar-refractivity contribution is 9.10. The van der Waals surface area contributed by atoms with Crippen molar-refractivity contribution < 1.29 is 4.79 Å². The van der Waals surface area contributed by atoms with E-state index in [4.69, 9.17) is 5.73 Å². The average molecular weight is 311 g/mol. The van der Waals surface area contributed by atoms with Crippen molar-refractivity contribution in [1.82, 2.24) is 4.90 Å². The van der Waals surface area contributed by atoms with E-state index in [0.29, 0.717) is 6.42 Å². The maximum atomic E-state index is 12.0. The maximum absolute atomic E-state index is 12.0. The molecular weight excluding hydrogens is 292 g/mol. The molecule has 1 heterocycles. The highest BCUT2D eigenvalue weighted by Crippen LogP contribution is 2.26. The molecule has 0 aliphatic carbocycles. The van der Waals surface area contributed by atoms with Crippen LogP contribution in [-0.4, -0.2) is 23.4 Å². The summed E-state index contributed by atoms with van der Waals surface area (Å²) in [6, 6.07) is 4.21. The first-order chi connectivity index (χ1) is 8.47. The van der Waals surface area contributed by atoms with Gasteiger partial charge in [0.2, 0.25) is 5.91 Å². The van der Waals surface area contributed by atoms with Gasteiger partial charge in [0, 0.05) is 30.0 Å². The molecular formula is C14H19BrN2O.